The van der Waals surface area contributed by atoms with Gasteiger partial charge in [0.1, 0.15) is 12.4 Å². The first-order valence-electron chi connectivity index (χ1n) is 8.18. The summed E-state index contributed by atoms with van der Waals surface area (Å²) in [5, 5.41) is 6.28. The van der Waals surface area contributed by atoms with Crippen LogP contribution in [0.5, 0.6) is 17.2 Å². The maximum atomic E-state index is 12.0. The smallest absolute Gasteiger partial charge is 0.315 e. The van der Waals surface area contributed by atoms with Crippen LogP contribution < -0.4 is 24.8 Å². The minimum Gasteiger partial charge on any atom is -0.493 e. The van der Waals surface area contributed by atoms with Gasteiger partial charge in [0.15, 0.2) is 11.5 Å². The highest BCUT2D eigenvalue weighted by Crippen LogP contribution is 2.29. The van der Waals surface area contributed by atoms with E-state index in [1.54, 1.807) is 38.5 Å². The van der Waals surface area contributed by atoms with Crippen molar-refractivity contribution in [2.75, 3.05) is 27.4 Å². The van der Waals surface area contributed by atoms with E-state index in [9.17, 15) is 4.79 Å². The van der Waals surface area contributed by atoms with Gasteiger partial charge in [-0.25, -0.2) is 4.79 Å². The molecule has 0 aliphatic carbocycles. The molecule has 0 aromatic heterocycles. The number of amides is 2. The Kier molecular flexibility index (Phi) is 7.41. The van der Waals surface area contributed by atoms with E-state index in [1.165, 1.54) is 0 Å². The van der Waals surface area contributed by atoms with Crippen molar-refractivity contribution in [3.63, 3.8) is 0 Å². The molecule has 1 atom stereocenters. The van der Waals surface area contributed by atoms with Crippen molar-refractivity contribution in [3.05, 3.63) is 53.1 Å². The highest BCUT2D eigenvalue weighted by Gasteiger charge is 2.12. The van der Waals surface area contributed by atoms with Crippen molar-refractivity contribution < 1.29 is 19.0 Å². The number of hydrogen-bond donors (Lipinski definition) is 2. The molecule has 0 fully saturated rings. The largest absolute Gasteiger partial charge is 0.493 e. The van der Waals surface area contributed by atoms with Crippen LogP contribution in [0.25, 0.3) is 0 Å². The fourth-order valence-electron chi connectivity index (χ4n) is 2.32. The Balaban J connectivity index is 1.77. The molecule has 0 aliphatic heterocycles. The second-order valence-corrected chi connectivity index (χ2v) is 5.98. The summed E-state index contributed by atoms with van der Waals surface area (Å²) in [6.45, 7) is 2.64. The van der Waals surface area contributed by atoms with Crippen LogP contribution in [0.3, 0.4) is 0 Å². The number of nitrogens with one attached hydrogen (secondary N) is 2. The summed E-state index contributed by atoms with van der Waals surface area (Å²) >= 11 is 5.81. The standard InChI is InChI=1S/C19H23ClN2O4/c1-13(14-4-9-17(24-2)18(12-14)25-3)22-19(23)21-10-11-26-16-7-5-15(20)6-8-16/h4-9,12-13H,10-11H2,1-3H3,(H2,21,22,23). The van der Waals surface area contributed by atoms with E-state index < -0.39 is 0 Å². The highest BCUT2D eigenvalue weighted by molar-refractivity contribution is 6.30. The molecule has 2 N–H and O–H groups in total. The van der Waals surface area contributed by atoms with Crippen molar-refractivity contribution in [1.82, 2.24) is 10.6 Å². The van der Waals surface area contributed by atoms with Gasteiger partial charge in [-0.2, -0.15) is 0 Å². The summed E-state index contributed by atoms with van der Waals surface area (Å²) < 4.78 is 16.0. The van der Waals surface area contributed by atoms with Crippen molar-refractivity contribution in [2.24, 2.45) is 0 Å². The minimum atomic E-state index is -0.271. The SMILES string of the molecule is COc1ccc(C(C)NC(=O)NCCOc2ccc(Cl)cc2)cc1OC. The summed E-state index contributed by atoms with van der Waals surface area (Å²) in [4.78, 5) is 12.0. The lowest BCUT2D eigenvalue weighted by Gasteiger charge is -2.17. The van der Waals surface area contributed by atoms with Crippen LogP contribution in [0.15, 0.2) is 42.5 Å². The van der Waals surface area contributed by atoms with Gasteiger partial charge in [0, 0.05) is 5.02 Å². The Bertz CT molecular complexity index is 722. The van der Waals surface area contributed by atoms with Crippen molar-refractivity contribution in [3.8, 4) is 17.2 Å². The Morgan fingerprint density at radius 3 is 2.42 bits per heavy atom. The molecular weight excluding hydrogens is 356 g/mol. The summed E-state index contributed by atoms with van der Waals surface area (Å²) in [7, 11) is 3.16. The number of hydrogen-bond acceptors (Lipinski definition) is 4. The zero-order chi connectivity index (χ0) is 18.9. The lowest BCUT2D eigenvalue weighted by Crippen LogP contribution is -2.39. The molecule has 2 aromatic carbocycles. The Morgan fingerprint density at radius 2 is 1.77 bits per heavy atom. The average molecular weight is 379 g/mol. The van der Waals surface area contributed by atoms with Crippen LogP contribution in [0.2, 0.25) is 5.02 Å². The quantitative estimate of drug-likeness (QED) is 0.685. The number of rotatable bonds is 8. The van der Waals surface area contributed by atoms with Gasteiger partial charge >= 0.3 is 6.03 Å². The number of carbonyl (C=O) groups excluding carboxylic acids is 1. The maximum absolute atomic E-state index is 12.0. The van der Waals surface area contributed by atoms with Gasteiger partial charge in [-0.3, -0.25) is 0 Å². The van der Waals surface area contributed by atoms with E-state index in [0.29, 0.717) is 35.4 Å². The third kappa shape index (κ3) is 5.74. The predicted octanol–water partition coefficient (Wildman–Crippen LogP) is 3.80. The average Bonchev–Trinajstić information content (AvgIpc) is 2.66. The van der Waals surface area contributed by atoms with Gasteiger partial charge < -0.3 is 24.8 Å². The van der Waals surface area contributed by atoms with E-state index in [1.807, 2.05) is 25.1 Å². The molecule has 26 heavy (non-hydrogen) atoms. The first kappa shape index (κ1) is 19.7. The second kappa shape index (κ2) is 9.77. The summed E-state index contributed by atoms with van der Waals surface area (Å²) in [5.74, 6) is 1.97. The van der Waals surface area contributed by atoms with E-state index in [4.69, 9.17) is 25.8 Å². The topological polar surface area (TPSA) is 68.8 Å². The first-order valence-corrected chi connectivity index (χ1v) is 8.56. The van der Waals surface area contributed by atoms with Gasteiger partial charge in [-0.1, -0.05) is 17.7 Å². The van der Waals surface area contributed by atoms with Crippen molar-refractivity contribution in [2.45, 2.75) is 13.0 Å². The zero-order valence-corrected chi connectivity index (χ0v) is 15.8. The first-order chi connectivity index (χ1) is 12.5. The summed E-state index contributed by atoms with van der Waals surface area (Å²) in [6, 6.07) is 12.1. The molecule has 0 aliphatic rings. The zero-order valence-electron chi connectivity index (χ0n) is 15.0. The molecule has 0 radical (unpaired) electrons. The third-order valence-corrected chi connectivity index (χ3v) is 3.98. The van der Waals surface area contributed by atoms with E-state index in [0.717, 1.165) is 5.56 Å². The van der Waals surface area contributed by atoms with Gasteiger partial charge in [0.05, 0.1) is 26.8 Å². The van der Waals surface area contributed by atoms with Crippen LogP contribution in [-0.2, 0) is 0 Å². The number of carbonyl (C=O) groups is 1. The van der Waals surface area contributed by atoms with Crippen LogP contribution >= 0.6 is 11.6 Å². The van der Waals surface area contributed by atoms with E-state index in [2.05, 4.69) is 10.6 Å². The van der Waals surface area contributed by atoms with Gasteiger partial charge in [0.2, 0.25) is 0 Å². The van der Waals surface area contributed by atoms with Crippen LogP contribution in [-0.4, -0.2) is 33.4 Å². The Labute approximate surface area is 158 Å². The minimum absolute atomic E-state index is 0.188. The summed E-state index contributed by atoms with van der Waals surface area (Å²) in [6.07, 6.45) is 0. The number of benzene rings is 2. The molecule has 0 saturated heterocycles. The van der Waals surface area contributed by atoms with Gasteiger partial charge in [0.25, 0.3) is 0 Å². The third-order valence-electron chi connectivity index (χ3n) is 3.73. The number of halogens is 1. The molecule has 140 valence electrons. The van der Waals surface area contributed by atoms with Crippen LogP contribution in [0.1, 0.15) is 18.5 Å². The lowest BCUT2D eigenvalue weighted by atomic mass is 10.1. The summed E-state index contributed by atoms with van der Waals surface area (Å²) in [5.41, 5.74) is 0.912. The maximum Gasteiger partial charge on any atom is 0.315 e. The molecule has 0 bridgehead atoms. The number of ether oxygens (including phenoxy) is 3. The fourth-order valence-corrected chi connectivity index (χ4v) is 2.44. The molecule has 0 heterocycles. The molecule has 2 amide bonds. The molecule has 0 spiro atoms. The molecule has 6 nitrogen and oxygen atoms in total. The predicted molar refractivity (Wildman–Crippen MR) is 101 cm³/mol. The highest BCUT2D eigenvalue weighted by atomic mass is 35.5. The van der Waals surface area contributed by atoms with Gasteiger partial charge in [-0.05, 0) is 48.9 Å². The van der Waals surface area contributed by atoms with Crippen molar-refractivity contribution >= 4 is 17.6 Å². The molecule has 1 unspecified atom stereocenters. The molecular formula is C19H23ClN2O4. The monoisotopic (exact) mass is 378 g/mol. The molecule has 2 aromatic rings. The molecule has 7 heteroatoms. The number of urea groups is 1. The van der Waals surface area contributed by atoms with Crippen molar-refractivity contribution in [1.29, 1.82) is 0 Å². The Hall–Kier alpha value is -2.60. The van der Waals surface area contributed by atoms with E-state index in [-0.39, 0.29) is 12.1 Å². The lowest BCUT2D eigenvalue weighted by molar-refractivity contribution is 0.233. The molecule has 2 rings (SSSR count). The van der Waals surface area contributed by atoms with E-state index >= 15 is 0 Å². The number of methoxy groups -OCH3 is 2. The molecule has 0 saturated carbocycles. The van der Waals surface area contributed by atoms with Crippen LogP contribution in [0.4, 0.5) is 4.79 Å². The fraction of sp³-hybridized carbons (Fsp3) is 0.316. The second-order valence-electron chi connectivity index (χ2n) is 5.54. The van der Waals surface area contributed by atoms with Gasteiger partial charge in [-0.15, -0.1) is 0 Å². The Morgan fingerprint density at radius 1 is 1.08 bits per heavy atom. The normalized spacial score (nSPS) is 11.4. The van der Waals surface area contributed by atoms with Crippen LogP contribution in [0, 0.1) is 0 Å².